The van der Waals surface area contributed by atoms with E-state index in [4.69, 9.17) is 4.74 Å². The first kappa shape index (κ1) is 20.9. The summed E-state index contributed by atoms with van der Waals surface area (Å²) in [5.41, 5.74) is 2.33. The molecule has 0 spiro atoms. The van der Waals surface area contributed by atoms with Gasteiger partial charge >= 0.3 is 6.09 Å². The average molecular weight is 431 g/mol. The number of benzene rings is 1. The van der Waals surface area contributed by atoms with E-state index in [-0.39, 0.29) is 12.5 Å². The summed E-state index contributed by atoms with van der Waals surface area (Å²) in [7, 11) is 0. The maximum atomic E-state index is 12.5. The second-order valence-electron chi connectivity index (χ2n) is 7.13. The molecule has 1 unspecified atom stereocenters. The van der Waals surface area contributed by atoms with Gasteiger partial charge in [0.2, 0.25) is 0 Å². The highest BCUT2D eigenvalue weighted by molar-refractivity contribution is 6.04. The van der Waals surface area contributed by atoms with Crippen LogP contribution in [0.5, 0.6) is 5.75 Å². The molecule has 3 N–H and O–H groups in total. The molecule has 0 bridgehead atoms. The predicted octanol–water partition coefficient (Wildman–Crippen LogP) is 4.16. The van der Waals surface area contributed by atoms with E-state index < -0.39 is 12.1 Å². The lowest BCUT2D eigenvalue weighted by Crippen LogP contribution is -2.41. The summed E-state index contributed by atoms with van der Waals surface area (Å²) in [6.07, 6.45) is 6.65. The van der Waals surface area contributed by atoms with Crippen molar-refractivity contribution >= 4 is 34.3 Å². The second kappa shape index (κ2) is 9.17. The summed E-state index contributed by atoms with van der Waals surface area (Å²) in [6.45, 7) is 1.83. The number of fused-ring (bicyclic) bond motifs is 1. The van der Waals surface area contributed by atoms with Crippen LogP contribution in [0.25, 0.3) is 10.9 Å². The third kappa shape index (κ3) is 4.51. The van der Waals surface area contributed by atoms with Crippen molar-refractivity contribution in [3.05, 3.63) is 79.0 Å². The van der Waals surface area contributed by atoms with Crippen LogP contribution in [0, 0.1) is 0 Å². The number of anilines is 2. The van der Waals surface area contributed by atoms with Gasteiger partial charge in [0.1, 0.15) is 12.4 Å². The number of hydrogen-bond donors (Lipinski definition) is 3. The van der Waals surface area contributed by atoms with Gasteiger partial charge in [0.25, 0.3) is 5.91 Å². The number of ether oxygens (including phenoxy) is 1. The summed E-state index contributed by atoms with van der Waals surface area (Å²) >= 11 is 0. The number of para-hydroxylation sites is 1. The second-order valence-corrected chi connectivity index (χ2v) is 7.13. The van der Waals surface area contributed by atoms with Gasteiger partial charge < -0.3 is 20.1 Å². The fraction of sp³-hybridized carbons (Fsp3) is 0.130. The van der Waals surface area contributed by atoms with Crippen LogP contribution in [-0.4, -0.2) is 44.7 Å². The number of nitrogens with zero attached hydrogens (tertiary/aromatic N) is 3. The van der Waals surface area contributed by atoms with E-state index >= 15 is 0 Å². The molecule has 0 aliphatic rings. The van der Waals surface area contributed by atoms with Crippen LogP contribution in [0.4, 0.5) is 16.2 Å². The lowest BCUT2D eigenvalue weighted by Gasteiger charge is -2.26. The van der Waals surface area contributed by atoms with E-state index in [2.05, 4.69) is 20.3 Å². The van der Waals surface area contributed by atoms with Crippen LogP contribution in [-0.2, 0) is 0 Å². The van der Waals surface area contributed by atoms with Crippen molar-refractivity contribution in [3.63, 3.8) is 0 Å². The summed E-state index contributed by atoms with van der Waals surface area (Å²) in [6, 6.07) is 11.9. The normalized spacial score (nSPS) is 11.7. The molecule has 0 saturated heterocycles. The Kier molecular flexibility index (Phi) is 5.98. The highest BCUT2D eigenvalue weighted by Gasteiger charge is 2.24. The lowest BCUT2D eigenvalue weighted by molar-refractivity contribution is 0.102. The Morgan fingerprint density at radius 1 is 1.16 bits per heavy atom. The lowest BCUT2D eigenvalue weighted by atomic mass is 10.2. The first-order valence-corrected chi connectivity index (χ1v) is 9.90. The van der Waals surface area contributed by atoms with Gasteiger partial charge in [-0.05, 0) is 31.2 Å². The minimum absolute atomic E-state index is 0.0723. The van der Waals surface area contributed by atoms with E-state index in [1.807, 2.05) is 24.3 Å². The maximum Gasteiger partial charge on any atom is 0.412 e. The Hall–Kier alpha value is -4.40. The van der Waals surface area contributed by atoms with Gasteiger partial charge in [0, 0.05) is 41.4 Å². The molecule has 3 aromatic heterocycles. The van der Waals surface area contributed by atoms with Gasteiger partial charge in [0.05, 0.1) is 23.5 Å². The first-order chi connectivity index (χ1) is 15.5. The molecule has 1 aromatic carbocycles. The minimum atomic E-state index is -1.09. The van der Waals surface area contributed by atoms with Crippen LogP contribution >= 0.6 is 0 Å². The van der Waals surface area contributed by atoms with Gasteiger partial charge in [0.15, 0.2) is 0 Å². The number of hydrogen-bond acceptors (Lipinski definition) is 5. The molecule has 9 heteroatoms. The summed E-state index contributed by atoms with van der Waals surface area (Å²) in [4.78, 5) is 36.8. The van der Waals surface area contributed by atoms with Crippen molar-refractivity contribution in [2.45, 2.75) is 13.0 Å². The highest BCUT2D eigenvalue weighted by Crippen LogP contribution is 2.28. The van der Waals surface area contributed by atoms with Crippen molar-refractivity contribution in [1.82, 2.24) is 15.0 Å². The quantitative estimate of drug-likeness (QED) is 0.404. The number of aromatic amines is 1. The number of amides is 2. The van der Waals surface area contributed by atoms with Crippen molar-refractivity contribution in [2.24, 2.45) is 0 Å². The number of carboxylic acid groups (broad SMARTS) is 1. The molecule has 4 rings (SSSR count). The molecule has 3 heterocycles. The highest BCUT2D eigenvalue weighted by atomic mass is 16.5. The topological polar surface area (TPSA) is 120 Å². The number of carbonyl (C=O) groups is 2. The Bertz CT molecular complexity index is 1240. The average Bonchev–Trinajstić information content (AvgIpc) is 3.22. The Labute approximate surface area is 183 Å². The molecule has 162 valence electrons. The minimum Gasteiger partial charge on any atom is -0.490 e. The molecular formula is C23H21N5O4. The first-order valence-electron chi connectivity index (χ1n) is 9.90. The van der Waals surface area contributed by atoms with Gasteiger partial charge in [-0.15, -0.1) is 0 Å². The third-order valence-electron chi connectivity index (χ3n) is 4.88. The third-order valence-corrected chi connectivity index (χ3v) is 4.88. The summed E-state index contributed by atoms with van der Waals surface area (Å²) < 4.78 is 5.78. The van der Waals surface area contributed by atoms with Crippen LogP contribution in [0.2, 0.25) is 0 Å². The van der Waals surface area contributed by atoms with E-state index in [1.54, 1.807) is 43.7 Å². The molecule has 0 radical (unpaired) electrons. The molecule has 0 aliphatic carbocycles. The zero-order valence-electron chi connectivity index (χ0n) is 17.2. The van der Waals surface area contributed by atoms with Crippen molar-refractivity contribution in [1.29, 1.82) is 0 Å². The fourth-order valence-corrected chi connectivity index (χ4v) is 3.34. The largest absolute Gasteiger partial charge is 0.490 e. The fourth-order valence-electron chi connectivity index (χ4n) is 3.34. The van der Waals surface area contributed by atoms with Crippen LogP contribution in [0.15, 0.2) is 73.4 Å². The van der Waals surface area contributed by atoms with Crippen LogP contribution in [0.1, 0.15) is 17.3 Å². The van der Waals surface area contributed by atoms with E-state index in [0.29, 0.717) is 22.7 Å². The van der Waals surface area contributed by atoms with Crippen molar-refractivity contribution in [2.75, 3.05) is 16.8 Å². The molecule has 1 atom stereocenters. The zero-order valence-corrected chi connectivity index (χ0v) is 17.2. The van der Waals surface area contributed by atoms with Gasteiger partial charge in [-0.3, -0.25) is 19.7 Å². The Balaban J connectivity index is 1.46. The summed E-state index contributed by atoms with van der Waals surface area (Å²) in [5.74, 6) is 0.0247. The van der Waals surface area contributed by atoms with Gasteiger partial charge in [-0.25, -0.2) is 4.79 Å². The molecule has 0 fully saturated rings. The zero-order chi connectivity index (χ0) is 22.5. The van der Waals surface area contributed by atoms with Gasteiger partial charge in [-0.2, -0.15) is 0 Å². The van der Waals surface area contributed by atoms with E-state index in [1.165, 1.54) is 17.3 Å². The molecular weight excluding hydrogens is 410 g/mol. The molecule has 9 nitrogen and oxygen atoms in total. The van der Waals surface area contributed by atoms with Crippen molar-refractivity contribution < 1.29 is 19.4 Å². The van der Waals surface area contributed by atoms with Gasteiger partial charge in [-0.1, -0.05) is 18.2 Å². The van der Waals surface area contributed by atoms with E-state index in [9.17, 15) is 14.7 Å². The monoisotopic (exact) mass is 431 g/mol. The van der Waals surface area contributed by atoms with Crippen LogP contribution < -0.4 is 15.0 Å². The predicted molar refractivity (Wildman–Crippen MR) is 120 cm³/mol. The molecule has 0 saturated carbocycles. The summed E-state index contributed by atoms with van der Waals surface area (Å²) in [5, 5.41) is 13.4. The van der Waals surface area contributed by atoms with E-state index in [0.717, 1.165) is 10.9 Å². The Morgan fingerprint density at radius 3 is 2.72 bits per heavy atom. The number of carbonyl (C=O) groups excluding carboxylic acids is 1. The molecule has 0 aliphatic heterocycles. The maximum absolute atomic E-state index is 12.5. The number of H-pyrrole nitrogens is 1. The number of aromatic nitrogens is 3. The number of rotatable bonds is 7. The molecule has 4 aromatic rings. The molecule has 2 amide bonds. The Morgan fingerprint density at radius 2 is 1.94 bits per heavy atom. The number of pyridine rings is 2. The number of nitrogens with one attached hydrogen (secondary N) is 2. The smallest absolute Gasteiger partial charge is 0.412 e. The van der Waals surface area contributed by atoms with Crippen LogP contribution in [0.3, 0.4) is 0 Å². The standard InChI is InChI=1S/C23H21N5O4/c1-15(28(23(30)31)21-13-26-20-5-3-2-4-19(20)21)14-32-18-10-16(11-25-12-18)22(29)27-17-6-8-24-9-7-17/h2-13,15,26H,14H2,1H3,(H,30,31)(H,24,27,29). The SMILES string of the molecule is CC(COc1cncc(C(=O)Nc2ccncc2)c1)N(C(=O)O)c1c[nH]c2ccccc12. The molecule has 32 heavy (non-hydrogen) atoms. The van der Waals surface area contributed by atoms with Crippen molar-refractivity contribution in [3.8, 4) is 5.75 Å².